The Morgan fingerprint density at radius 2 is 1.78 bits per heavy atom. The van der Waals surface area contributed by atoms with Crippen molar-refractivity contribution in [2.45, 2.75) is 6.61 Å². The van der Waals surface area contributed by atoms with Crippen molar-refractivity contribution in [3.05, 3.63) is 99.5 Å². The second-order valence-corrected chi connectivity index (χ2v) is 6.49. The largest absolute Gasteiger partial charge is 0.489 e. The highest BCUT2D eigenvalue weighted by Gasteiger charge is 2.06. The summed E-state index contributed by atoms with van der Waals surface area (Å²) in [6, 6.07) is 22.0. The normalized spacial score (nSPS) is 10.7. The summed E-state index contributed by atoms with van der Waals surface area (Å²) in [5.41, 5.74) is 4.73. The molecule has 3 rings (SSSR count). The molecule has 0 saturated heterocycles. The van der Waals surface area contributed by atoms with E-state index in [4.69, 9.17) is 27.9 Å². The molecule has 0 aliphatic heterocycles. The topological polar surface area (TPSA) is 50.7 Å². The van der Waals surface area contributed by atoms with Crippen molar-refractivity contribution in [3.63, 3.8) is 0 Å². The number of benzene rings is 3. The zero-order chi connectivity index (χ0) is 19.1. The molecule has 0 fully saturated rings. The molecule has 6 heteroatoms. The average molecular weight is 399 g/mol. The van der Waals surface area contributed by atoms with Crippen LogP contribution < -0.4 is 10.2 Å². The summed E-state index contributed by atoms with van der Waals surface area (Å²) in [7, 11) is 0. The molecule has 136 valence electrons. The first-order valence-corrected chi connectivity index (χ1v) is 8.92. The molecule has 0 saturated carbocycles. The lowest BCUT2D eigenvalue weighted by Gasteiger charge is -2.06. The van der Waals surface area contributed by atoms with E-state index < -0.39 is 0 Å². The van der Waals surface area contributed by atoms with Crippen LogP contribution in [0.1, 0.15) is 21.5 Å². The lowest BCUT2D eigenvalue weighted by Crippen LogP contribution is -2.17. The molecule has 0 unspecified atom stereocenters. The predicted molar refractivity (Wildman–Crippen MR) is 109 cm³/mol. The molecule has 0 aliphatic rings. The van der Waals surface area contributed by atoms with Gasteiger partial charge in [-0.3, -0.25) is 4.79 Å². The Balaban J connectivity index is 1.58. The molecule has 4 nitrogen and oxygen atoms in total. The van der Waals surface area contributed by atoms with Crippen molar-refractivity contribution in [1.82, 2.24) is 5.43 Å². The second kappa shape index (κ2) is 9.21. The van der Waals surface area contributed by atoms with Gasteiger partial charge in [-0.1, -0.05) is 65.7 Å². The number of amides is 1. The zero-order valence-electron chi connectivity index (χ0n) is 14.2. The molecule has 1 N–H and O–H groups in total. The zero-order valence-corrected chi connectivity index (χ0v) is 15.7. The van der Waals surface area contributed by atoms with Gasteiger partial charge in [-0.15, -0.1) is 0 Å². The number of rotatable bonds is 6. The molecule has 0 bridgehead atoms. The number of ether oxygens (including phenoxy) is 1. The van der Waals surface area contributed by atoms with E-state index in [9.17, 15) is 4.79 Å². The number of halogens is 2. The van der Waals surface area contributed by atoms with Crippen LogP contribution in [0.5, 0.6) is 5.75 Å². The van der Waals surface area contributed by atoms with Gasteiger partial charge >= 0.3 is 0 Å². The van der Waals surface area contributed by atoms with Crippen LogP contribution in [0.3, 0.4) is 0 Å². The first-order valence-electron chi connectivity index (χ1n) is 8.17. The van der Waals surface area contributed by atoms with Crippen molar-refractivity contribution in [1.29, 1.82) is 0 Å². The predicted octanol–water partition coefficient (Wildman–Crippen LogP) is 5.34. The Morgan fingerprint density at radius 1 is 0.963 bits per heavy atom. The summed E-state index contributed by atoms with van der Waals surface area (Å²) in [5, 5.41) is 4.68. The standard InChI is InChI=1S/C21H16Cl2N2O2/c22-19-10-9-17(12-20(19)23)21(26)25-24-13-16-7-4-8-18(11-16)27-14-15-5-2-1-3-6-15/h1-13H,14H2,(H,25,26)/b24-13+. The fourth-order valence-corrected chi connectivity index (χ4v) is 2.59. The van der Waals surface area contributed by atoms with E-state index >= 15 is 0 Å². The Morgan fingerprint density at radius 3 is 2.56 bits per heavy atom. The second-order valence-electron chi connectivity index (χ2n) is 5.67. The van der Waals surface area contributed by atoms with Crippen LogP contribution in [-0.4, -0.2) is 12.1 Å². The SMILES string of the molecule is O=C(N/N=C/c1cccc(OCc2ccccc2)c1)c1ccc(Cl)c(Cl)c1. The van der Waals surface area contributed by atoms with Crippen LogP contribution >= 0.6 is 23.2 Å². The van der Waals surface area contributed by atoms with Crippen molar-refractivity contribution in [2.24, 2.45) is 5.10 Å². The summed E-state index contributed by atoms with van der Waals surface area (Å²) >= 11 is 11.8. The number of nitrogens with one attached hydrogen (secondary N) is 1. The number of hydrogen-bond acceptors (Lipinski definition) is 3. The summed E-state index contributed by atoms with van der Waals surface area (Å²) < 4.78 is 5.78. The average Bonchev–Trinajstić information content (AvgIpc) is 2.69. The smallest absolute Gasteiger partial charge is 0.271 e. The van der Waals surface area contributed by atoms with Crippen LogP contribution in [0.25, 0.3) is 0 Å². The highest BCUT2D eigenvalue weighted by molar-refractivity contribution is 6.42. The van der Waals surface area contributed by atoms with Gasteiger partial charge in [0.25, 0.3) is 5.91 Å². The molecule has 3 aromatic rings. The number of carbonyl (C=O) groups is 1. The van der Waals surface area contributed by atoms with Crippen LogP contribution in [0.2, 0.25) is 10.0 Å². The van der Waals surface area contributed by atoms with Gasteiger partial charge in [0, 0.05) is 5.56 Å². The maximum atomic E-state index is 12.1. The minimum atomic E-state index is -0.374. The number of carbonyl (C=O) groups excluding carboxylic acids is 1. The number of hydrogen-bond donors (Lipinski definition) is 1. The van der Waals surface area contributed by atoms with Gasteiger partial charge in [0.1, 0.15) is 12.4 Å². The quantitative estimate of drug-likeness (QED) is 0.450. The number of nitrogens with zero attached hydrogens (tertiary/aromatic N) is 1. The Kier molecular flexibility index (Phi) is 6.47. The highest BCUT2D eigenvalue weighted by atomic mass is 35.5. The monoisotopic (exact) mass is 398 g/mol. The first-order chi connectivity index (χ1) is 13.1. The fourth-order valence-electron chi connectivity index (χ4n) is 2.29. The molecule has 0 radical (unpaired) electrons. The van der Waals surface area contributed by atoms with Gasteiger partial charge in [-0.05, 0) is 41.5 Å². The van der Waals surface area contributed by atoms with E-state index in [1.165, 1.54) is 6.07 Å². The van der Waals surface area contributed by atoms with E-state index in [1.807, 2.05) is 54.6 Å². The molecule has 0 atom stereocenters. The molecular weight excluding hydrogens is 383 g/mol. The molecule has 0 aromatic heterocycles. The molecule has 0 spiro atoms. The lowest BCUT2D eigenvalue weighted by atomic mass is 10.2. The molecule has 1 amide bonds. The van der Waals surface area contributed by atoms with Crippen LogP contribution in [0.15, 0.2) is 77.9 Å². The van der Waals surface area contributed by atoms with Gasteiger partial charge in [0.05, 0.1) is 16.3 Å². The third-order valence-electron chi connectivity index (χ3n) is 3.67. The Bertz CT molecular complexity index is 959. The molecule has 27 heavy (non-hydrogen) atoms. The van der Waals surface area contributed by atoms with Gasteiger partial charge < -0.3 is 4.74 Å². The summed E-state index contributed by atoms with van der Waals surface area (Å²) in [4.78, 5) is 12.1. The molecular formula is C21H16Cl2N2O2. The van der Waals surface area contributed by atoms with E-state index in [-0.39, 0.29) is 5.91 Å². The van der Waals surface area contributed by atoms with Crippen LogP contribution in [0.4, 0.5) is 0 Å². The van der Waals surface area contributed by atoms with Crippen LogP contribution in [-0.2, 0) is 6.61 Å². The number of hydrazone groups is 1. The van der Waals surface area contributed by atoms with Gasteiger partial charge in [0.2, 0.25) is 0 Å². The van der Waals surface area contributed by atoms with Crippen molar-refractivity contribution in [3.8, 4) is 5.75 Å². The van der Waals surface area contributed by atoms with Gasteiger partial charge in [-0.25, -0.2) is 5.43 Å². The summed E-state index contributed by atoms with van der Waals surface area (Å²) in [6.45, 7) is 0.482. The minimum absolute atomic E-state index is 0.316. The van der Waals surface area contributed by atoms with Crippen molar-refractivity contribution in [2.75, 3.05) is 0 Å². The molecule has 0 heterocycles. The third-order valence-corrected chi connectivity index (χ3v) is 4.41. The first kappa shape index (κ1) is 19.0. The fraction of sp³-hybridized carbons (Fsp3) is 0.0476. The van der Waals surface area contributed by atoms with Crippen molar-refractivity contribution < 1.29 is 9.53 Å². The summed E-state index contributed by atoms with van der Waals surface area (Å²) in [6.07, 6.45) is 1.55. The van der Waals surface area contributed by atoms with E-state index in [0.29, 0.717) is 22.2 Å². The lowest BCUT2D eigenvalue weighted by molar-refractivity contribution is 0.0955. The van der Waals surface area contributed by atoms with Gasteiger partial charge in [0.15, 0.2) is 0 Å². The van der Waals surface area contributed by atoms with Gasteiger partial charge in [-0.2, -0.15) is 5.10 Å². The van der Waals surface area contributed by atoms with E-state index in [0.717, 1.165) is 16.9 Å². The molecule has 3 aromatic carbocycles. The third kappa shape index (κ3) is 5.58. The maximum absolute atomic E-state index is 12.1. The van der Waals surface area contributed by atoms with E-state index in [1.54, 1.807) is 18.3 Å². The minimum Gasteiger partial charge on any atom is -0.489 e. The van der Waals surface area contributed by atoms with Crippen molar-refractivity contribution >= 4 is 35.3 Å². The Hall–Kier alpha value is -2.82. The van der Waals surface area contributed by atoms with E-state index in [2.05, 4.69) is 10.5 Å². The Labute approximate surface area is 167 Å². The summed E-state index contributed by atoms with van der Waals surface area (Å²) in [5.74, 6) is 0.347. The highest BCUT2D eigenvalue weighted by Crippen LogP contribution is 2.22. The maximum Gasteiger partial charge on any atom is 0.271 e. The van der Waals surface area contributed by atoms with Crippen LogP contribution in [0, 0.1) is 0 Å². The molecule has 0 aliphatic carbocycles.